The number of esters is 2. The van der Waals surface area contributed by atoms with Crippen LogP contribution in [-0.2, 0) is 33.3 Å². The zero-order chi connectivity index (χ0) is 54.8. The number of carbonyl (C=O) groups is 3. The third-order valence-electron chi connectivity index (χ3n) is 14.0. The highest BCUT2D eigenvalue weighted by Gasteiger charge is 2.22. The Morgan fingerprint density at radius 2 is 0.720 bits per heavy atom. The second-order valence-corrected chi connectivity index (χ2v) is 22.7. The van der Waals surface area contributed by atoms with Gasteiger partial charge in [0.2, 0.25) is 0 Å². The van der Waals surface area contributed by atoms with Crippen LogP contribution in [0.5, 0.6) is 0 Å². The van der Waals surface area contributed by atoms with Crippen molar-refractivity contribution in [2.24, 2.45) is 0 Å². The number of hydrogen-bond acceptors (Lipinski definition) is 8. The molecule has 2 atom stereocenters. The first-order chi connectivity index (χ1) is 36.6. The van der Waals surface area contributed by atoms with Gasteiger partial charge in [-0.1, -0.05) is 255 Å². The number of carboxylic acids is 1. The second-order valence-electron chi connectivity index (χ2n) is 22.7. The van der Waals surface area contributed by atoms with Crippen molar-refractivity contribution in [2.75, 3.05) is 47.5 Å². The molecule has 0 amide bonds. The van der Waals surface area contributed by atoms with E-state index in [-0.39, 0.29) is 32.2 Å². The highest BCUT2D eigenvalue weighted by molar-refractivity contribution is 5.70. The first-order valence-corrected chi connectivity index (χ1v) is 31.8. The van der Waals surface area contributed by atoms with Crippen LogP contribution < -0.4 is 5.11 Å². The van der Waals surface area contributed by atoms with Crippen LogP contribution in [0.2, 0.25) is 0 Å². The summed E-state index contributed by atoms with van der Waals surface area (Å²) in [5, 5.41) is 11.8. The van der Waals surface area contributed by atoms with Gasteiger partial charge in [0.15, 0.2) is 12.4 Å². The molecule has 0 saturated heterocycles. The summed E-state index contributed by atoms with van der Waals surface area (Å²) in [6.07, 6.45) is 68.8. The molecule has 0 N–H and O–H groups in total. The van der Waals surface area contributed by atoms with Gasteiger partial charge < -0.3 is 33.3 Å². The summed E-state index contributed by atoms with van der Waals surface area (Å²) in [4.78, 5) is 37.4. The van der Waals surface area contributed by atoms with E-state index >= 15 is 0 Å². The first kappa shape index (κ1) is 72.2. The molecule has 438 valence electrons. The lowest BCUT2D eigenvalue weighted by atomic mass is 10.0. The predicted octanol–water partition coefficient (Wildman–Crippen LogP) is 17.7. The Morgan fingerprint density at radius 3 is 1.05 bits per heavy atom. The minimum Gasteiger partial charge on any atom is -0.545 e. The zero-order valence-corrected chi connectivity index (χ0v) is 49.9. The summed E-state index contributed by atoms with van der Waals surface area (Å²) in [5.41, 5.74) is 0. The Bertz CT molecular complexity index is 1370. The lowest BCUT2D eigenvalue weighted by Crippen LogP contribution is -2.44. The topological polar surface area (TPSA) is 111 Å². The van der Waals surface area contributed by atoms with E-state index in [1.54, 1.807) is 0 Å². The van der Waals surface area contributed by atoms with E-state index in [9.17, 15) is 19.5 Å². The molecule has 0 aromatic heterocycles. The zero-order valence-electron chi connectivity index (χ0n) is 49.9. The molecule has 0 aliphatic rings. The van der Waals surface area contributed by atoms with Crippen molar-refractivity contribution < 1.29 is 42.9 Å². The lowest BCUT2D eigenvalue weighted by Gasteiger charge is -2.26. The number of ether oxygens (including phenoxy) is 4. The molecule has 0 fully saturated rings. The van der Waals surface area contributed by atoms with Crippen LogP contribution in [-0.4, -0.2) is 82.3 Å². The molecule has 0 aromatic rings. The van der Waals surface area contributed by atoms with Gasteiger partial charge in [0.1, 0.15) is 13.2 Å². The maximum atomic E-state index is 12.9. The van der Waals surface area contributed by atoms with Gasteiger partial charge in [-0.2, -0.15) is 0 Å². The Labute approximate surface area is 463 Å². The maximum absolute atomic E-state index is 12.9. The van der Waals surface area contributed by atoms with Gasteiger partial charge in [0.05, 0.1) is 40.3 Å². The monoisotopic (exact) mass is 1060 g/mol. The molecule has 0 heterocycles. The van der Waals surface area contributed by atoms with Crippen molar-refractivity contribution >= 4 is 17.9 Å². The molecule has 0 radical (unpaired) electrons. The summed E-state index contributed by atoms with van der Waals surface area (Å²) in [7, 11) is 5.93. The van der Waals surface area contributed by atoms with E-state index in [1.165, 1.54) is 218 Å². The fourth-order valence-electron chi connectivity index (χ4n) is 9.13. The summed E-state index contributed by atoms with van der Waals surface area (Å²) >= 11 is 0. The second kappa shape index (κ2) is 57.4. The predicted molar refractivity (Wildman–Crippen MR) is 315 cm³/mol. The molecule has 0 saturated carbocycles. The Kier molecular flexibility index (Phi) is 55.3. The van der Waals surface area contributed by atoms with Gasteiger partial charge in [-0.05, 0) is 77.0 Å². The number of aliphatic carboxylic acids is 1. The van der Waals surface area contributed by atoms with Crippen molar-refractivity contribution in [3.05, 3.63) is 48.6 Å². The molecule has 0 spiro atoms. The third kappa shape index (κ3) is 58.8. The smallest absolute Gasteiger partial charge is 0.306 e. The molecule has 2 unspecified atom stereocenters. The number of likely N-dealkylation sites (N-methyl/N-ethyl adjacent to an activating group) is 1. The quantitative estimate of drug-likeness (QED) is 0.0195. The number of carbonyl (C=O) groups excluding carboxylic acids is 3. The molecule has 0 aliphatic carbocycles. The van der Waals surface area contributed by atoms with E-state index < -0.39 is 24.3 Å². The number of carboxylic acid groups (broad SMARTS) is 1. The van der Waals surface area contributed by atoms with Crippen molar-refractivity contribution in [3.8, 4) is 0 Å². The Morgan fingerprint density at radius 1 is 0.400 bits per heavy atom. The van der Waals surface area contributed by atoms with Crippen LogP contribution in [0.4, 0.5) is 0 Å². The van der Waals surface area contributed by atoms with E-state index in [2.05, 4.69) is 62.5 Å². The molecule has 0 bridgehead atoms. The molecule has 9 nitrogen and oxygen atoms in total. The van der Waals surface area contributed by atoms with Crippen LogP contribution in [0.25, 0.3) is 0 Å². The van der Waals surface area contributed by atoms with Crippen molar-refractivity contribution in [1.82, 2.24) is 0 Å². The fraction of sp³-hybridized carbons (Fsp3) is 0.833. The number of unbranched alkanes of at least 4 members (excludes halogenated alkanes) is 36. The van der Waals surface area contributed by atoms with Crippen molar-refractivity contribution in [1.29, 1.82) is 0 Å². The number of allylic oxidation sites excluding steroid dienone is 8. The molecule has 0 aliphatic heterocycles. The maximum Gasteiger partial charge on any atom is 0.306 e. The first-order valence-electron chi connectivity index (χ1n) is 31.8. The summed E-state index contributed by atoms with van der Waals surface area (Å²) in [6, 6.07) is 0. The van der Waals surface area contributed by atoms with Crippen LogP contribution in [0.15, 0.2) is 48.6 Å². The minimum atomic E-state index is -1.62. The van der Waals surface area contributed by atoms with E-state index in [0.717, 1.165) is 44.9 Å². The number of rotatable bonds is 59. The molecule has 0 aromatic carbocycles. The van der Waals surface area contributed by atoms with Crippen LogP contribution in [0.3, 0.4) is 0 Å². The number of hydrogen-bond donors (Lipinski definition) is 0. The Hall–Kier alpha value is -2.75. The van der Waals surface area contributed by atoms with E-state index in [0.29, 0.717) is 23.9 Å². The fourth-order valence-corrected chi connectivity index (χ4v) is 9.13. The van der Waals surface area contributed by atoms with Crippen LogP contribution in [0, 0.1) is 0 Å². The summed E-state index contributed by atoms with van der Waals surface area (Å²) in [6.45, 7) is 4.76. The molecule has 75 heavy (non-hydrogen) atoms. The van der Waals surface area contributed by atoms with Gasteiger partial charge in [-0.3, -0.25) is 9.59 Å². The van der Waals surface area contributed by atoms with E-state index in [4.69, 9.17) is 18.9 Å². The molecular weight excluding hydrogens is 935 g/mol. The van der Waals surface area contributed by atoms with Crippen molar-refractivity contribution in [3.63, 3.8) is 0 Å². The van der Waals surface area contributed by atoms with Gasteiger partial charge in [-0.25, -0.2) is 0 Å². The number of nitrogens with zero attached hydrogens (tertiary/aromatic N) is 1. The minimum absolute atomic E-state index is 0.148. The van der Waals surface area contributed by atoms with Gasteiger partial charge >= 0.3 is 11.9 Å². The highest BCUT2D eigenvalue weighted by atomic mass is 16.7. The normalized spacial score (nSPS) is 13.0. The summed E-state index contributed by atoms with van der Waals surface area (Å²) < 4.78 is 22.8. The summed E-state index contributed by atoms with van der Waals surface area (Å²) in [5.74, 6) is -2.27. The average molecular weight is 1060 g/mol. The van der Waals surface area contributed by atoms with Gasteiger partial charge in [0, 0.05) is 12.8 Å². The molecule has 9 heteroatoms. The van der Waals surface area contributed by atoms with E-state index in [1.807, 2.05) is 21.1 Å². The SMILES string of the molecule is CCCCCCC/C=C\C/C=C\CCCCCCCCCCCCCCCCCC(=O)OC(COC(=O)CCCCCCCCCCCCC/C=C\C/C=C\CCCCCCC)COC(OCC[N+](C)(C)C)C(=O)[O-]. The lowest BCUT2D eigenvalue weighted by molar-refractivity contribution is -0.870. The average Bonchev–Trinajstić information content (AvgIpc) is 3.38. The third-order valence-corrected chi connectivity index (χ3v) is 14.0. The Balaban J connectivity index is 4.17. The highest BCUT2D eigenvalue weighted by Crippen LogP contribution is 2.17. The van der Waals surface area contributed by atoms with Gasteiger partial charge in [-0.15, -0.1) is 0 Å². The molecular formula is C66H121NO8. The van der Waals surface area contributed by atoms with Crippen LogP contribution in [0.1, 0.15) is 296 Å². The standard InChI is InChI=1S/C66H121NO8/c1-6-8-10-12-14-16-18-20-22-24-26-28-30-31-32-33-35-37-39-41-43-45-47-49-51-53-55-57-64(69)75-62(61-74-66(65(70)71)72-59-58-67(3,4)5)60-73-63(68)56-54-52-50-48-46-44-42-40-38-36-34-29-27-25-23-21-19-17-15-13-11-9-7-2/h18-21,24-27,62,66H,6-17,22-23,28-61H2,1-5H3/b20-18-,21-19-,26-24-,27-25-. The van der Waals surface area contributed by atoms with Gasteiger partial charge in [0.25, 0.3) is 0 Å². The number of quaternary nitrogens is 1. The largest absolute Gasteiger partial charge is 0.545 e. The molecule has 0 rings (SSSR count). The van der Waals surface area contributed by atoms with Crippen molar-refractivity contribution in [2.45, 2.75) is 309 Å². The van der Waals surface area contributed by atoms with Crippen LogP contribution >= 0.6 is 0 Å².